The average Bonchev–Trinajstić information content (AvgIpc) is 2.70. The number of carbonyl (C=O) groups excluding carboxylic acids is 1. The second-order valence-corrected chi connectivity index (χ2v) is 6.68. The fraction of sp³-hybridized carbons (Fsp3) is 0.273. The molecule has 142 valence electrons. The van der Waals surface area contributed by atoms with E-state index in [2.05, 4.69) is 27.4 Å². The van der Waals surface area contributed by atoms with Gasteiger partial charge in [-0.3, -0.25) is 4.79 Å². The van der Waals surface area contributed by atoms with Crippen molar-refractivity contribution in [3.63, 3.8) is 0 Å². The number of nitrogens with zero attached hydrogens (tertiary/aromatic N) is 3. The van der Waals surface area contributed by atoms with Crippen LogP contribution in [0.5, 0.6) is 5.75 Å². The van der Waals surface area contributed by atoms with Gasteiger partial charge in [-0.2, -0.15) is 5.26 Å². The second-order valence-electron chi connectivity index (χ2n) is 6.68. The van der Waals surface area contributed by atoms with Crippen LogP contribution in [0.1, 0.15) is 40.0 Å². The minimum atomic E-state index is -0.0253. The summed E-state index contributed by atoms with van der Waals surface area (Å²) in [6.45, 7) is 4.59. The van der Waals surface area contributed by atoms with E-state index in [4.69, 9.17) is 4.74 Å². The molecular weight excluding hydrogens is 352 g/mol. The number of benzene rings is 1. The van der Waals surface area contributed by atoms with E-state index in [1.807, 2.05) is 26.0 Å². The fourth-order valence-corrected chi connectivity index (χ4v) is 3.10. The zero-order chi connectivity index (χ0) is 20.1. The Bertz CT molecular complexity index is 1050. The largest absolute Gasteiger partial charge is 0.495 e. The van der Waals surface area contributed by atoms with Crippen molar-refractivity contribution in [1.29, 1.82) is 5.26 Å². The van der Waals surface area contributed by atoms with Crippen LogP contribution < -0.4 is 10.1 Å². The molecule has 1 N–H and O–H groups in total. The summed E-state index contributed by atoms with van der Waals surface area (Å²) in [6.07, 6.45) is 2.51. The number of rotatable bonds is 7. The monoisotopic (exact) mass is 374 g/mol. The number of hydrogen-bond donors (Lipinski definition) is 1. The Morgan fingerprint density at radius 1 is 1.25 bits per heavy atom. The molecule has 6 heteroatoms. The third kappa shape index (κ3) is 4.26. The van der Waals surface area contributed by atoms with E-state index >= 15 is 0 Å². The maximum absolute atomic E-state index is 12.2. The molecule has 0 saturated heterocycles. The number of methoxy groups -OCH3 is 1. The molecule has 0 aliphatic heterocycles. The SMILES string of the molecule is COc1ccc(C(=O)CCCNc2nc3cc(C)cc(C)c3cc2C#N)nc1. The first kappa shape index (κ1) is 19.3. The molecule has 0 atom stereocenters. The number of aromatic nitrogens is 2. The lowest BCUT2D eigenvalue weighted by atomic mass is 10.0. The number of aryl methyl sites for hydroxylation is 2. The molecular formula is C22H22N4O2. The molecule has 0 fully saturated rings. The van der Waals surface area contributed by atoms with Crippen LogP contribution >= 0.6 is 0 Å². The number of ether oxygens (including phenoxy) is 1. The fourth-order valence-electron chi connectivity index (χ4n) is 3.10. The van der Waals surface area contributed by atoms with Crippen LogP contribution in [0.3, 0.4) is 0 Å². The van der Waals surface area contributed by atoms with Gasteiger partial charge in [-0.1, -0.05) is 6.07 Å². The molecule has 0 aliphatic carbocycles. The van der Waals surface area contributed by atoms with Crippen molar-refractivity contribution in [2.75, 3.05) is 19.0 Å². The molecule has 2 aromatic heterocycles. The van der Waals surface area contributed by atoms with Gasteiger partial charge in [0.1, 0.15) is 23.3 Å². The van der Waals surface area contributed by atoms with Gasteiger partial charge in [-0.15, -0.1) is 0 Å². The molecule has 0 aliphatic rings. The van der Waals surface area contributed by atoms with Crippen molar-refractivity contribution in [3.8, 4) is 11.8 Å². The number of anilines is 1. The smallest absolute Gasteiger partial charge is 0.181 e. The van der Waals surface area contributed by atoms with Crippen LogP contribution in [0.15, 0.2) is 36.5 Å². The van der Waals surface area contributed by atoms with Crippen LogP contribution in [-0.4, -0.2) is 29.4 Å². The molecule has 0 spiro atoms. The van der Waals surface area contributed by atoms with Crippen molar-refractivity contribution in [2.45, 2.75) is 26.7 Å². The van der Waals surface area contributed by atoms with Gasteiger partial charge in [0.05, 0.1) is 24.4 Å². The first-order chi connectivity index (χ1) is 13.5. The molecule has 3 rings (SSSR count). The number of nitriles is 1. The van der Waals surface area contributed by atoms with Crippen molar-refractivity contribution < 1.29 is 9.53 Å². The van der Waals surface area contributed by atoms with Crippen LogP contribution in [0.25, 0.3) is 10.9 Å². The summed E-state index contributed by atoms with van der Waals surface area (Å²) in [5.74, 6) is 1.15. The van der Waals surface area contributed by atoms with Gasteiger partial charge >= 0.3 is 0 Å². The highest BCUT2D eigenvalue weighted by atomic mass is 16.5. The Morgan fingerprint density at radius 2 is 2.07 bits per heavy atom. The summed E-state index contributed by atoms with van der Waals surface area (Å²) in [7, 11) is 1.56. The lowest BCUT2D eigenvalue weighted by molar-refractivity contribution is 0.0976. The summed E-state index contributed by atoms with van der Waals surface area (Å²) in [4.78, 5) is 21.0. The first-order valence-corrected chi connectivity index (χ1v) is 9.11. The lowest BCUT2D eigenvalue weighted by Crippen LogP contribution is -2.09. The Kier molecular flexibility index (Phi) is 5.85. The number of fused-ring (bicyclic) bond motifs is 1. The van der Waals surface area contributed by atoms with E-state index in [1.54, 1.807) is 19.2 Å². The van der Waals surface area contributed by atoms with Gasteiger partial charge < -0.3 is 10.1 Å². The summed E-state index contributed by atoms with van der Waals surface area (Å²) < 4.78 is 5.05. The number of Topliss-reactive ketones (excluding diaryl/α,β-unsaturated/α-hetero) is 1. The van der Waals surface area contributed by atoms with E-state index < -0.39 is 0 Å². The van der Waals surface area contributed by atoms with Gasteiger partial charge in [-0.25, -0.2) is 9.97 Å². The van der Waals surface area contributed by atoms with Crippen molar-refractivity contribution in [1.82, 2.24) is 9.97 Å². The maximum Gasteiger partial charge on any atom is 0.181 e. The maximum atomic E-state index is 12.2. The molecule has 1 aromatic carbocycles. The van der Waals surface area contributed by atoms with Crippen LogP contribution in [0.2, 0.25) is 0 Å². The molecule has 0 radical (unpaired) electrons. The van der Waals surface area contributed by atoms with Gasteiger partial charge in [-0.05, 0) is 55.7 Å². The Morgan fingerprint density at radius 3 is 2.75 bits per heavy atom. The highest BCUT2D eigenvalue weighted by Crippen LogP contribution is 2.24. The second kappa shape index (κ2) is 8.49. The minimum Gasteiger partial charge on any atom is -0.495 e. The molecule has 3 aromatic rings. The number of hydrogen-bond acceptors (Lipinski definition) is 6. The molecule has 0 saturated carbocycles. The minimum absolute atomic E-state index is 0.0253. The van der Waals surface area contributed by atoms with Gasteiger partial charge in [0, 0.05) is 18.4 Å². The number of ketones is 1. The van der Waals surface area contributed by atoms with Crippen LogP contribution in [0, 0.1) is 25.2 Å². The first-order valence-electron chi connectivity index (χ1n) is 9.11. The normalized spacial score (nSPS) is 10.5. The van der Waals surface area contributed by atoms with Crippen molar-refractivity contribution >= 4 is 22.5 Å². The van der Waals surface area contributed by atoms with E-state index in [-0.39, 0.29) is 5.78 Å². The van der Waals surface area contributed by atoms with E-state index in [1.165, 1.54) is 6.20 Å². The third-order valence-electron chi connectivity index (χ3n) is 4.54. The van der Waals surface area contributed by atoms with Crippen molar-refractivity contribution in [2.24, 2.45) is 0 Å². The number of nitrogens with one attached hydrogen (secondary N) is 1. The van der Waals surface area contributed by atoms with Gasteiger partial charge in [0.25, 0.3) is 0 Å². The van der Waals surface area contributed by atoms with Crippen molar-refractivity contribution in [3.05, 3.63) is 58.9 Å². The topological polar surface area (TPSA) is 87.9 Å². The molecule has 2 heterocycles. The summed E-state index contributed by atoms with van der Waals surface area (Å²) in [5.41, 5.74) is 4.02. The molecule has 6 nitrogen and oxygen atoms in total. The van der Waals surface area contributed by atoms with E-state index in [9.17, 15) is 10.1 Å². The highest BCUT2D eigenvalue weighted by Gasteiger charge is 2.10. The quantitative estimate of drug-likeness (QED) is 0.492. The van der Waals surface area contributed by atoms with Crippen LogP contribution in [-0.2, 0) is 0 Å². The summed E-state index contributed by atoms with van der Waals surface area (Å²) >= 11 is 0. The molecule has 0 bridgehead atoms. The standard InChI is InChI=1S/C22H22N4O2/c1-14-9-15(2)18-11-16(12-23)22(26-20(18)10-14)24-8-4-5-21(27)19-7-6-17(28-3)13-25-19/h6-7,9-11,13H,4-5,8H2,1-3H3,(H,24,26). The van der Waals surface area contributed by atoms with Gasteiger partial charge in [0.15, 0.2) is 5.78 Å². The third-order valence-corrected chi connectivity index (χ3v) is 4.54. The van der Waals surface area contributed by atoms with E-state index in [0.717, 1.165) is 22.0 Å². The van der Waals surface area contributed by atoms with Gasteiger partial charge in [0.2, 0.25) is 0 Å². The highest BCUT2D eigenvalue weighted by molar-refractivity contribution is 5.94. The predicted octanol–water partition coefficient (Wildman–Crippen LogP) is 4.20. The summed E-state index contributed by atoms with van der Waals surface area (Å²) in [6, 6.07) is 11.5. The van der Waals surface area contributed by atoms with Crippen LogP contribution in [0.4, 0.5) is 5.82 Å². The Labute approximate surface area is 164 Å². The van der Waals surface area contributed by atoms with E-state index in [0.29, 0.717) is 42.2 Å². The molecule has 0 amide bonds. The lowest BCUT2D eigenvalue weighted by Gasteiger charge is -2.10. The molecule has 0 unspecified atom stereocenters. The Hall–Kier alpha value is -3.46. The number of pyridine rings is 2. The predicted molar refractivity (Wildman–Crippen MR) is 109 cm³/mol. The summed E-state index contributed by atoms with van der Waals surface area (Å²) in [5, 5.41) is 13.6. The zero-order valence-electron chi connectivity index (χ0n) is 16.2. The zero-order valence-corrected chi connectivity index (χ0v) is 16.2. The Balaban J connectivity index is 1.64. The number of carbonyl (C=O) groups is 1. The molecule has 28 heavy (non-hydrogen) atoms. The average molecular weight is 374 g/mol.